The SMILES string of the molecule is NNC(=O)Cc1csc(Nc2cccc(Cl)c2)n1. The first-order valence-electron chi connectivity index (χ1n) is 5.14. The first-order valence-corrected chi connectivity index (χ1v) is 6.39. The summed E-state index contributed by atoms with van der Waals surface area (Å²) in [5, 5.41) is 6.28. The molecule has 0 aliphatic heterocycles. The predicted octanol–water partition coefficient (Wildman–Crippen LogP) is 2.07. The minimum atomic E-state index is -0.269. The van der Waals surface area contributed by atoms with Gasteiger partial charge in [0.15, 0.2) is 5.13 Å². The highest BCUT2D eigenvalue weighted by molar-refractivity contribution is 7.13. The van der Waals surface area contributed by atoms with Crippen molar-refractivity contribution in [3.05, 3.63) is 40.4 Å². The topological polar surface area (TPSA) is 80.0 Å². The Morgan fingerprint density at radius 1 is 1.50 bits per heavy atom. The van der Waals surface area contributed by atoms with E-state index in [1.807, 2.05) is 17.5 Å². The minimum Gasteiger partial charge on any atom is -0.331 e. The van der Waals surface area contributed by atoms with Gasteiger partial charge in [0.25, 0.3) is 0 Å². The number of nitrogens with zero attached hydrogens (tertiary/aromatic N) is 1. The Hall–Kier alpha value is -1.63. The van der Waals surface area contributed by atoms with Gasteiger partial charge in [-0.05, 0) is 18.2 Å². The van der Waals surface area contributed by atoms with Crippen molar-refractivity contribution in [2.45, 2.75) is 6.42 Å². The molecule has 1 heterocycles. The molecule has 0 bridgehead atoms. The number of aromatic nitrogens is 1. The number of hydrazine groups is 1. The summed E-state index contributed by atoms with van der Waals surface area (Å²) < 4.78 is 0. The number of benzene rings is 1. The summed E-state index contributed by atoms with van der Waals surface area (Å²) in [6.07, 6.45) is 0.171. The number of hydrogen-bond donors (Lipinski definition) is 3. The lowest BCUT2D eigenvalue weighted by atomic mass is 10.3. The average molecular weight is 283 g/mol. The van der Waals surface area contributed by atoms with Crippen LogP contribution in [0, 0.1) is 0 Å². The maximum absolute atomic E-state index is 11.1. The van der Waals surface area contributed by atoms with Crippen molar-refractivity contribution in [2.75, 3.05) is 5.32 Å². The largest absolute Gasteiger partial charge is 0.331 e. The van der Waals surface area contributed by atoms with Crippen LogP contribution in [0.5, 0.6) is 0 Å². The van der Waals surface area contributed by atoms with Gasteiger partial charge in [-0.15, -0.1) is 11.3 Å². The number of nitrogens with one attached hydrogen (secondary N) is 2. The summed E-state index contributed by atoms with van der Waals surface area (Å²) >= 11 is 7.30. The van der Waals surface area contributed by atoms with Gasteiger partial charge in [0.1, 0.15) is 0 Å². The zero-order valence-corrected chi connectivity index (χ0v) is 10.9. The van der Waals surface area contributed by atoms with Crippen LogP contribution in [0.4, 0.5) is 10.8 Å². The normalized spacial score (nSPS) is 10.1. The molecule has 0 atom stereocenters. The van der Waals surface area contributed by atoms with E-state index in [1.165, 1.54) is 11.3 Å². The van der Waals surface area contributed by atoms with Gasteiger partial charge in [-0.3, -0.25) is 10.2 Å². The molecule has 7 heteroatoms. The molecular weight excluding hydrogens is 272 g/mol. The van der Waals surface area contributed by atoms with Crippen LogP contribution in [0.2, 0.25) is 5.02 Å². The summed E-state index contributed by atoms with van der Waals surface area (Å²) in [6, 6.07) is 7.33. The lowest BCUT2D eigenvalue weighted by molar-refractivity contribution is -0.120. The molecule has 0 unspecified atom stereocenters. The summed E-state index contributed by atoms with van der Waals surface area (Å²) in [4.78, 5) is 15.4. The third-order valence-corrected chi connectivity index (χ3v) is 3.17. The van der Waals surface area contributed by atoms with E-state index in [4.69, 9.17) is 17.4 Å². The summed E-state index contributed by atoms with van der Waals surface area (Å²) in [5.41, 5.74) is 3.59. The van der Waals surface area contributed by atoms with Crippen molar-refractivity contribution < 1.29 is 4.79 Å². The first-order chi connectivity index (χ1) is 8.67. The molecule has 2 rings (SSSR count). The van der Waals surface area contributed by atoms with Crippen molar-refractivity contribution >= 4 is 39.7 Å². The predicted molar refractivity (Wildman–Crippen MR) is 72.9 cm³/mol. The van der Waals surface area contributed by atoms with Crippen molar-refractivity contribution in [1.29, 1.82) is 0 Å². The summed E-state index contributed by atoms with van der Waals surface area (Å²) in [5.74, 6) is 4.74. The van der Waals surface area contributed by atoms with Crippen LogP contribution in [-0.4, -0.2) is 10.9 Å². The molecule has 0 saturated heterocycles. The van der Waals surface area contributed by atoms with E-state index >= 15 is 0 Å². The second kappa shape index (κ2) is 5.81. The molecule has 18 heavy (non-hydrogen) atoms. The summed E-state index contributed by atoms with van der Waals surface area (Å²) in [6.45, 7) is 0. The van der Waals surface area contributed by atoms with Gasteiger partial charge in [0, 0.05) is 16.1 Å². The van der Waals surface area contributed by atoms with Crippen molar-refractivity contribution in [2.24, 2.45) is 5.84 Å². The fraction of sp³-hybridized carbons (Fsp3) is 0.0909. The van der Waals surface area contributed by atoms with Gasteiger partial charge in [-0.25, -0.2) is 10.8 Å². The Balaban J connectivity index is 2.04. The van der Waals surface area contributed by atoms with E-state index in [2.05, 4.69) is 15.7 Å². The number of thiazole rings is 1. The van der Waals surface area contributed by atoms with Crippen molar-refractivity contribution in [3.63, 3.8) is 0 Å². The van der Waals surface area contributed by atoms with Crippen LogP contribution in [0.3, 0.4) is 0 Å². The number of rotatable bonds is 4. The maximum atomic E-state index is 11.1. The van der Waals surface area contributed by atoms with E-state index in [0.29, 0.717) is 15.8 Å². The standard InChI is InChI=1S/C11H11ClN4OS/c12-7-2-1-3-8(4-7)14-11-15-9(6-18-11)5-10(17)16-13/h1-4,6H,5,13H2,(H,14,15)(H,16,17). The zero-order chi connectivity index (χ0) is 13.0. The van der Waals surface area contributed by atoms with Gasteiger partial charge >= 0.3 is 0 Å². The molecule has 0 fully saturated rings. The summed E-state index contributed by atoms with van der Waals surface area (Å²) in [7, 11) is 0. The number of halogens is 1. The number of hydrogen-bond acceptors (Lipinski definition) is 5. The molecule has 0 radical (unpaired) electrons. The Bertz CT molecular complexity index is 557. The molecule has 0 aliphatic rings. The lowest BCUT2D eigenvalue weighted by Crippen LogP contribution is -2.31. The van der Waals surface area contributed by atoms with Crippen LogP contribution in [0.15, 0.2) is 29.6 Å². The van der Waals surface area contributed by atoms with Crippen LogP contribution < -0.4 is 16.6 Å². The third-order valence-electron chi connectivity index (χ3n) is 2.13. The Labute approximate surface area is 113 Å². The number of carbonyl (C=O) groups is 1. The highest BCUT2D eigenvalue weighted by atomic mass is 35.5. The first kappa shape index (κ1) is 12.8. The second-order valence-corrected chi connectivity index (χ2v) is 4.82. The quantitative estimate of drug-likeness (QED) is 0.456. The number of anilines is 2. The Morgan fingerprint density at radius 2 is 2.33 bits per heavy atom. The van der Waals surface area contributed by atoms with E-state index in [0.717, 1.165) is 5.69 Å². The van der Waals surface area contributed by atoms with Crippen molar-refractivity contribution in [1.82, 2.24) is 10.4 Å². The van der Waals surface area contributed by atoms with Crippen LogP contribution >= 0.6 is 22.9 Å². The molecule has 5 nitrogen and oxygen atoms in total. The van der Waals surface area contributed by atoms with E-state index in [9.17, 15) is 4.79 Å². The fourth-order valence-corrected chi connectivity index (χ4v) is 2.27. The van der Waals surface area contributed by atoms with Gasteiger partial charge in [-0.2, -0.15) is 0 Å². The smallest absolute Gasteiger partial charge is 0.239 e. The number of amides is 1. The van der Waals surface area contributed by atoms with Crippen molar-refractivity contribution in [3.8, 4) is 0 Å². The molecule has 1 aromatic carbocycles. The molecule has 2 aromatic rings. The van der Waals surface area contributed by atoms with E-state index in [-0.39, 0.29) is 12.3 Å². The highest BCUT2D eigenvalue weighted by Gasteiger charge is 2.06. The molecule has 1 amide bonds. The molecular formula is C11H11ClN4OS. The van der Waals surface area contributed by atoms with Gasteiger partial charge in [0.2, 0.25) is 5.91 Å². The molecule has 0 spiro atoms. The van der Waals surface area contributed by atoms with Gasteiger partial charge < -0.3 is 5.32 Å². The second-order valence-electron chi connectivity index (χ2n) is 3.52. The molecule has 1 aromatic heterocycles. The molecule has 0 aliphatic carbocycles. The lowest BCUT2D eigenvalue weighted by Gasteiger charge is -2.02. The van der Waals surface area contributed by atoms with E-state index in [1.54, 1.807) is 12.1 Å². The monoisotopic (exact) mass is 282 g/mol. The average Bonchev–Trinajstić information content (AvgIpc) is 2.76. The maximum Gasteiger partial charge on any atom is 0.239 e. The van der Waals surface area contributed by atoms with Crippen LogP contribution in [0.25, 0.3) is 0 Å². The van der Waals surface area contributed by atoms with Gasteiger partial charge in [0.05, 0.1) is 12.1 Å². The minimum absolute atomic E-state index is 0.171. The highest BCUT2D eigenvalue weighted by Crippen LogP contribution is 2.23. The van der Waals surface area contributed by atoms with Gasteiger partial charge in [-0.1, -0.05) is 17.7 Å². The number of carbonyl (C=O) groups excluding carboxylic acids is 1. The fourth-order valence-electron chi connectivity index (χ4n) is 1.35. The third kappa shape index (κ3) is 3.43. The molecule has 4 N–H and O–H groups in total. The Kier molecular flexibility index (Phi) is 4.14. The number of nitrogens with two attached hydrogens (primary N) is 1. The van der Waals surface area contributed by atoms with Crippen LogP contribution in [0.1, 0.15) is 5.69 Å². The molecule has 94 valence electrons. The van der Waals surface area contributed by atoms with E-state index < -0.39 is 0 Å². The van der Waals surface area contributed by atoms with Crippen LogP contribution in [-0.2, 0) is 11.2 Å². The zero-order valence-electron chi connectivity index (χ0n) is 9.31. The Morgan fingerprint density at radius 3 is 3.06 bits per heavy atom. The molecule has 0 saturated carbocycles.